The van der Waals surface area contributed by atoms with E-state index in [1.807, 2.05) is 0 Å². The lowest BCUT2D eigenvalue weighted by Gasteiger charge is -2.37. The monoisotopic (exact) mass is 300 g/mol. The van der Waals surface area contributed by atoms with Gasteiger partial charge in [0.1, 0.15) is 11.1 Å². The Balaban J connectivity index is 2.24. The minimum absolute atomic E-state index is 0.195. The summed E-state index contributed by atoms with van der Waals surface area (Å²) in [5.74, 6) is -2.10. The summed E-state index contributed by atoms with van der Waals surface area (Å²) < 4.78 is 5.35. The first-order valence-electron chi connectivity index (χ1n) is 6.99. The first-order chi connectivity index (χ1) is 10.3. The van der Waals surface area contributed by atoms with Gasteiger partial charge in [-0.05, 0) is 25.0 Å². The quantitative estimate of drug-likeness (QED) is 0.876. The standard InChI is InChI=1S/C16H16N2O4/c1-8(2)16(3,15(17)21)18-13(19)10-5-4-9-6-7-22-12(9)11(10)14(18)20/h4-8H,1-3H3,(H2,17,21). The molecule has 114 valence electrons. The Kier molecular flexibility index (Phi) is 2.88. The number of amides is 3. The molecule has 22 heavy (non-hydrogen) atoms. The van der Waals surface area contributed by atoms with Crippen LogP contribution in [0.3, 0.4) is 0 Å². The fraction of sp³-hybridized carbons (Fsp3) is 0.312. The van der Waals surface area contributed by atoms with E-state index in [2.05, 4.69) is 0 Å². The SMILES string of the molecule is CC(C)C(C)(C(N)=O)N1C(=O)c2ccc3ccoc3c2C1=O. The molecule has 0 aliphatic carbocycles. The Morgan fingerprint density at radius 1 is 1.23 bits per heavy atom. The van der Waals surface area contributed by atoms with Crippen LogP contribution in [0.15, 0.2) is 28.9 Å². The average Bonchev–Trinajstić information content (AvgIpc) is 3.01. The number of primary amides is 1. The minimum Gasteiger partial charge on any atom is -0.463 e. The van der Waals surface area contributed by atoms with Crippen molar-refractivity contribution < 1.29 is 18.8 Å². The van der Waals surface area contributed by atoms with Gasteiger partial charge in [0, 0.05) is 5.39 Å². The van der Waals surface area contributed by atoms with E-state index in [9.17, 15) is 14.4 Å². The van der Waals surface area contributed by atoms with Crippen molar-refractivity contribution >= 4 is 28.7 Å². The van der Waals surface area contributed by atoms with Crippen molar-refractivity contribution in [3.8, 4) is 0 Å². The van der Waals surface area contributed by atoms with E-state index in [1.165, 1.54) is 13.2 Å². The van der Waals surface area contributed by atoms with Gasteiger partial charge in [0.2, 0.25) is 5.91 Å². The molecule has 1 atom stereocenters. The number of nitrogens with zero attached hydrogens (tertiary/aromatic N) is 1. The van der Waals surface area contributed by atoms with E-state index >= 15 is 0 Å². The van der Waals surface area contributed by atoms with Gasteiger partial charge < -0.3 is 10.2 Å². The number of hydrogen-bond donors (Lipinski definition) is 1. The van der Waals surface area contributed by atoms with Gasteiger partial charge in [-0.2, -0.15) is 0 Å². The van der Waals surface area contributed by atoms with E-state index in [0.29, 0.717) is 5.58 Å². The van der Waals surface area contributed by atoms with Crippen molar-refractivity contribution in [3.63, 3.8) is 0 Å². The third-order valence-corrected chi connectivity index (χ3v) is 4.56. The summed E-state index contributed by atoms with van der Waals surface area (Å²) in [6, 6.07) is 5.00. The van der Waals surface area contributed by atoms with Crippen LogP contribution in [0.2, 0.25) is 0 Å². The Labute approximate surface area is 126 Å². The molecule has 1 aromatic carbocycles. The molecule has 3 amide bonds. The molecule has 0 saturated carbocycles. The van der Waals surface area contributed by atoms with Crippen LogP contribution in [0.5, 0.6) is 0 Å². The largest absolute Gasteiger partial charge is 0.463 e. The highest BCUT2D eigenvalue weighted by molar-refractivity contribution is 6.27. The lowest BCUT2D eigenvalue weighted by molar-refractivity contribution is -0.129. The maximum absolute atomic E-state index is 12.8. The van der Waals surface area contributed by atoms with Gasteiger partial charge in [-0.25, -0.2) is 0 Å². The van der Waals surface area contributed by atoms with Crippen molar-refractivity contribution in [1.29, 1.82) is 0 Å². The molecular weight excluding hydrogens is 284 g/mol. The smallest absolute Gasteiger partial charge is 0.266 e. The summed E-state index contributed by atoms with van der Waals surface area (Å²) in [5, 5.41) is 0.729. The highest BCUT2D eigenvalue weighted by Crippen LogP contribution is 2.37. The van der Waals surface area contributed by atoms with Crippen LogP contribution in [0, 0.1) is 5.92 Å². The predicted octanol–water partition coefficient (Wildman–Crippen LogP) is 1.93. The predicted molar refractivity (Wildman–Crippen MR) is 79.2 cm³/mol. The van der Waals surface area contributed by atoms with E-state index in [1.54, 1.807) is 32.0 Å². The Morgan fingerprint density at radius 3 is 2.50 bits per heavy atom. The van der Waals surface area contributed by atoms with Crippen LogP contribution < -0.4 is 5.73 Å². The second kappa shape index (κ2) is 4.43. The Morgan fingerprint density at radius 2 is 1.91 bits per heavy atom. The molecule has 6 heteroatoms. The zero-order valence-electron chi connectivity index (χ0n) is 12.5. The zero-order chi connectivity index (χ0) is 16.2. The highest BCUT2D eigenvalue weighted by Gasteiger charge is 2.52. The number of carbonyl (C=O) groups is 3. The van der Waals surface area contributed by atoms with Gasteiger partial charge in [0.15, 0.2) is 0 Å². The molecular formula is C16H16N2O4. The lowest BCUT2D eigenvalue weighted by Crippen LogP contribution is -2.60. The normalized spacial score (nSPS) is 17.2. The maximum Gasteiger partial charge on any atom is 0.266 e. The van der Waals surface area contributed by atoms with Gasteiger partial charge in [-0.1, -0.05) is 19.9 Å². The summed E-state index contributed by atoms with van der Waals surface area (Å²) in [6.45, 7) is 5.01. The molecule has 0 spiro atoms. The van der Waals surface area contributed by atoms with Crippen LogP contribution in [0.1, 0.15) is 41.5 Å². The number of carbonyl (C=O) groups excluding carboxylic acids is 3. The molecule has 2 heterocycles. The van der Waals surface area contributed by atoms with Crippen molar-refractivity contribution in [2.75, 3.05) is 0 Å². The van der Waals surface area contributed by atoms with Gasteiger partial charge >= 0.3 is 0 Å². The van der Waals surface area contributed by atoms with Crippen molar-refractivity contribution in [2.24, 2.45) is 11.7 Å². The number of imide groups is 1. The summed E-state index contributed by atoms with van der Waals surface area (Å²) in [5.41, 5.74) is 4.89. The second-order valence-corrected chi connectivity index (χ2v) is 5.94. The topological polar surface area (TPSA) is 93.6 Å². The van der Waals surface area contributed by atoms with Gasteiger partial charge in [-0.3, -0.25) is 19.3 Å². The van der Waals surface area contributed by atoms with E-state index in [-0.39, 0.29) is 17.0 Å². The van der Waals surface area contributed by atoms with Crippen LogP contribution >= 0.6 is 0 Å². The molecule has 1 unspecified atom stereocenters. The van der Waals surface area contributed by atoms with Crippen LogP contribution in [0.4, 0.5) is 0 Å². The first-order valence-corrected chi connectivity index (χ1v) is 6.99. The molecule has 2 N–H and O–H groups in total. The van der Waals surface area contributed by atoms with E-state index in [0.717, 1.165) is 10.3 Å². The molecule has 2 aromatic rings. The molecule has 0 fully saturated rings. The number of rotatable bonds is 3. The molecule has 0 bridgehead atoms. The summed E-state index contributed by atoms with van der Waals surface area (Å²) in [4.78, 5) is 38.4. The number of nitrogens with two attached hydrogens (primary N) is 1. The van der Waals surface area contributed by atoms with Crippen LogP contribution in [0.25, 0.3) is 11.0 Å². The fourth-order valence-corrected chi connectivity index (χ4v) is 2.82. The molecule has 0 saturated heterocycles. The van der Waals surface area contributed by atoms with Gasteiger partial charge in [-0.15, -0.1) is 0 Å². The Bertz CT molecular complexity index is 821. The molecule has 1 aliphatic rings. The third kappa shape index (κ3) is 1.57. The van der Waals surface area contributed by atoms with E-state index < -0.39 is 23.3 Å². The molecule has 1 aromatic heterocycles. The lowest BCUT2D eigenvalue weighted by atomic mass is 9.85. The fourth-order valence-electron chi connectivity index (χ4n) is 2.82. The van der Waals surface area contributed by atoms with Gasteiger partial charge in [0.05, 0.1) is 17.4 Å². The van der Waals surface area contributed by atoms with Crippen molar-refractivity contribution in [2.45, 2.75) is 26.3 Å². The van der Waals surface area contributed by atoms with E-state index in [4.69, 9.17) is 10.2 Å². The second-order valence-electron chi connectivity index (χ2n) is 5.94. The molecule has 6 nitrogen and oxygen atoms in total. The summed E-state index contributed by atoms with van der Waals surface area (Å²) in [6.07, 6.45) is 1.46. The van der Waals surface area contributed by atoms with Crippen LogP contribution in [-0.2, 0) is 4.79 Å². The molecule has 1 aliphatic heterocycles. The Hall–Kier alpha value is -2.63. The van der Waals surface area contributed by atoms with Gasteiger partial charge in [0.25, 0.3) is 11.8 Å². The molecule has 3 rings (SSSR count). The number of benzene rings is 1. The number of hydrogen-bond acceptors (Lipinski definition) is 4. The van der Waals surface area contributed by atoms with Crippen molar-refractivity contribution in [1.82, 2.24) is 4.90 Å². The molecule has 0 radical (unpaired) electrons. The van der Waals surface area contributed by atoms with Crippen LogP contribution in [-0.4, -0.2) is 28.2 Å². The number of furan rings is 1. The summed E-state index contributed by atoms with van der Waals surface area (Å²) >= 11 is 0. The first kappa shape index (κ1) is 14.3. The minimum atomic E-state index is -1.40. The summed E-state index contributed by atoms with van der Waals surface area (Å²) in [7, 11) is 0. The highest BCUT2D eigenvalue weighted by atomic mass is 16.3. The maximum atomic E-state index is 12.8. The van der Waals surface area contributed by atoms with Crippen molar-refractivity contribution in [3.05, 3.63) is 35.6 Å². The zero-order valence-corrected chi connectivity index (χ0v) is 12.5. The number of fused-ring (bicyclic) bond motifs is 3. The average molecular weight is 300 g/mol. The third-order valence-electron chi connectivity index (χ3n) is 4.56.